The molecule has 0 aliphatic heterocycles. The lowest BCUT2D eigenvalue weighted by Gasteiger charge is -2.12. The van der Waals surface area contributed by atoms with E-state index in [1.165, 1.54) is 0 Å². The molecule has 0 saturated heterocycles. The maximum Gasteiger partial charge on any atom is 0.156 e. The zero-order valence-corrected chi connectivity index (χ0v) is 14.0. The van der Waals surface area contributed by atoms with Gasteiger partial charge in [0.15, 0.2) is 5.75 Å². The highest BCUT2D eigenvalue weighted by atomic mass is 35.5. The number of nitrogens with zero attached hydrogens (tertiary/aromatic N) is 1. The molecular formula is C15H24Cl2N2O. The third kappa shape index (κ3) is 6.31. The smallest absolute Gasteiger partial charge is 0.156 e. The van der Waals surface area contributed by atoms with Crippen molar-refractivity contribution in [1.29, 1.82) is 0 Å². The summed E-state index contributed by atoms with van der Waals surface area (Å²) < 4.78 is 5.55. The fourth-order valence-electron chi connectivity index (χ4n) is 1.81. The van der Waals surface area contributed by atoms with Crippen LogP contribution in [-0.2, 0) is 6.54 Å². The maximum absolute atomic E-state index is 6.21. The van der Waals surface area contributed by atoms with Gasteiger partial charge in [0.05, 0.1) is 16.7 Å². The molecule has 0 spiro atoms. The Kier molecular flexibility index (Phi) is 8.31. The summed E-state index contributed by atoms with van der Waals surface area (Å²) in [4.78, 5) is 2.18. The Morgan fingerprint density at radius 1 is 1.20 bits per heavy atom. The predicted octanol–water partition coefficient (Wildman–Crippen LogP) is 3.82. The summed E-state index contributed by atoms with van der Waals surface area (Å²) in [6, 6.07) is 3.83. The monoisotopic (exact) mass is 318 g/mol. The highest BCUT2D eigenvalue weighted by Gasteiger charge is 2.09. The molecule has 0 aliphatic rings. The van der Waals surface area contributed by atoms with E-state index in [0.717, 1.165) is 38.0 Å². The Morgan fingerprint density at radius 2 is 1.85 bits per heavy atom. The second-order valence-corrected chi connectivity index (χ2v) is 5.89. The van der Waals surface area contributed by atoms with E-state index in [9.17, 15) is 0 Å². The molecular weight excluding hydrogens is 295 g/mol. The van der Waals surface area contributed by atoms with E-state index >= 15 is 0 Å². The first-order valence-corrected chi connectivity index (χ1v) is 7.76. The average molecular weight is 319 g/mol. The van der Waals surface area contributed by atoms with Crippen LogP contribution in [0.25, 0.3) is 0 Å². The third-order valence-electron chi connectivity index (χ3n) is 2.80. The minimum atomic E-state index is 0.580. The fraction of sp³-hybridized carbons (Fsp3) is 0.600. The molecule has 1 N–H and O–H groups in total. The van der Waals surface area contributed by atoms with Crippen molar-refractivity contribution in [3.63, 3.8) is 0 Å². The van der Waals surface area contributed by atoms with Crippen molar-refractivity contribution >= 4 is 23.2 Å². The maximum atomic E-state index is 6.21. The molecule has 0 unspecified atom stereocenters. The number of halogens is 2. The topological polar surface area (TPSA) is 24.5 Å². The molecule has 0 atom stereocenters. The molecule has 0 heterocycles. The van der Waals surface area contributed by atoms with E-state index in [0.29, 0.717) is 22.4 Å². The van der Waals surface area contributed by atoms with E-state index in [1.54, 1.807) is 0 Å². The first-order chi connectivity index (χ1) is 9.54. The van der Waals surface area contributed by atoms with Crippen LogP contribution in [0.1, 0.15) is 25.3 Å². The SMILES string of the molecule is CCCOc1c(Cl)cc(CNCCCN(C)C)cc1Cl. The molecule has 0 saturated carbocycles. The summed E-state index contributed by atoms with van der Waals surface area (Å²) in [5.74, 6) is 0.589. The number of hydrogen-bond acceptors (Lipinski definition) is 3. The minimum absolute atomic E-state index is 0.580. The minimum Gasteiger partial charge on any atom is -0.490 e. The van der Waals surface area contributed by atoms with Gasteiger partial charge < -0.3 is 15.0 Å². The van der Waals surface area contributed by atoms with Gasteiger partial charge in [0.25, 0.3) is 0 Å². The third-order valence-corrected chi connectivity index (χ3v) is 3.36. The largest absolute Gasteiger partial charge is 0.490 e. The molecule has 1 aromatic rings. The molecule has 3 nitrogen and oxygen atoms in total. The molecule has 0 bridgehead atoms. The lowest BCUT2D eigenvalue weighted by molar-refractivity contribution is 0.317. The second-order valence-electron chi connectivity index (χ2n) is 5.07. The molecule has 0 aliphatic carbocycles. The second kappa shape index (κ2) is 9.46. The summed E-state index contributed by atoms with van der Waals surface area (Å²) in [7, 11) is 4.16. The zero-order valence-electron chi connectivity index (χ0n) is 12.5. The van der Waals surface area contributed by atoms with Crippen molar-refractivity contribution in [2.24, 2.45) is 0 Å². The first-order valence-electron chi connectivity index (χ1n) is 7.00. The van der Waals surface area contributed by atoms with Gasteiger partial charge in [-0.1, -0.05) is 30.1 Å². The molecule has 114 valence electrons. The Labute approximate surface area is 132 Å². The van der Waals surface area contributed by atoms with E-state index in [1.807, 2.05) is 19.1 Å². The molecule has 0 aromatic heterocycles. The van der Waals surface area contributed by atoms with Gasteiger partial charge in [-0.25, -0.2) is 0 Å². The lowest BCUT2D eigenvalue weighted by atomic mass is 10.2. The number of benzene rings is 1. The Balaban J connectivity index is 2.47. The van der Waals surface area contributed by atoms with Gasteiger partial charge in [-0.2, -0.15) is 0 Å². The van der Waals surface area contributed by atoms with Crippen LogP contribution >= 0.6 is 23.2 Å². The molecule has 5 heteroatoms. The van der Waals surface area contributed by atoms with Crippen molar-refractivity contribution in [1.82, 2.24) is 10.2 Å². The van der Waals surface area contributed by atoms with Crippen molar-refractivity contribution in [3.8, 4) is 5.75 Å². The molecule has 0 radical (unpaired) electrons. The fourth-order valence-corrected chi connectivity index (χ4v) is 2.45. The quantitative estimate of drug-likeness (QED) is 0.700. The van der Waals surface area contributed by atoms with Crippen LogP contribution in [-0.4, -0.2) is 38.7 Å². The standard InChI is InChI=1S/C15H24Cl2N2O/c1-4-8-20-15-13(16)9-12(10-14(15)17)11-18-6-5-7-19(2)3/h9-10,18H,4-8,11H2,1-3H3. The van der Waals surface area contributed by atoms with Crippen LogP contribution in [0.2, 0.25) is 10.0 Å². The highest BCUT2D eigenvalue weighted by Crippen LogP contribution is 2.34. The summed E-state index contributed by atoms with van der Waals surface area (Å²) in [6.45, 7) is 5.50. The van der Waals surface area contributed by atoms with E-state index in [2.05, 4.69) is 24.3 Å². The lowest BCUT2D eigenvalue weighted by Crippen LogP contribution is -2.21. The molecule has 20 heavy (non-hydrogen) atoms. The van der Waals surface area contributed by atoms with E-state index in [4.69, 9.17) is 27.9 Å². The van der Waals surface area contributed by atoms with E-state index in [-0.39, 0.29) is 0 Å². The Hall–Kier alpha value is -0.480. The van der Waals surface area contributed by atoms with Crippen LogP contribution < -0.4 is 10.1 Å². The van der Waals surface area contributed by atoms with Crippen molar-refractivity contribution in [2.45, 2.75) is 26.3 Å². The number of rotatable bonds is 9. The van der Waals surface area contributed by atoms with Crippen molar-refractivity contribution in [3.05, 3.63) is 27.7 Å². The number of ether oxygens (including phenoxy) is 1. The molecule has 0 amide bonds. The van der Waals surface area contributed by atoms with Gasteiger partial charge >= 0.3 is 0 Å². The first kappa shape index (κ1) is 17.6. The summed E-state index contributed by atoms with van der Waals surface area (Å²) in [6.07, 6.45) is 2.05. The molecule has 1 rings (SSSR count). The van der Waals surface area contributed by atoms with Gasteiger partial charge in [-0.15, -0.1) is 0 Å². The van der Waals surface area contributed by atoms with Crippen molar-refractivity contribution < 1.29 is 4.74 Å². The highest BCUT2D eigenvalue weighted by molar-refractivity contribution is 6.37. The molecule has 1 aromatic carbocycles. The van der Waals surface area contributed by atoms with Crippen molar-refractivity contribution in [2.75, 3.05) is 33.8 Å². The van der Waals surface area contributed by atoms with Gasteiger partial charge in [-0.3, -0.25) is 0 Å². The Morgan fingerprint density at radius 3 is 2.40 bits per heavy atom. The number of nitrogens with one attached hydrogen (secondary N) is 1. The van der Waals surface area contributed by atoms with Gasteiger partial charge in [0.2, 0.25) is 0 Å². The zero-order chi connectivity index (χ0) is 15.0. The summed E-state index contributed by atoms with van der Waals surface area (Å²) in [5.41, 5.74) is 1.08. The predicted molar refractivity (Wildman–Crippen MR) is 87.1 cm³/mol. The van der Waals surface area contributed by atoms with Crippen LogP contribution in [0, 0.1) is 0 Å². The van der Waals surface area contributed by atoms with Crippen LogP contribution in [0.5, 0.6) is 5.75 Å². The average Bonchev–Trinajstić information content (AvgIpc) is 2.37. The molecule has 0 fully saturated rings. The normalized spacial score (nSPS) is 11.1. The van der Waals surface area contributed by atoms with Crippen LogP contribution in [0.15, 0.2) is 12.1 Å². The van der Waals surface area contributed by atoms with E-state index < -0.39 is 0 Å². The Bertz CT molecular complexity index is 388. The van der Waals surface area contributed by atoms with Crippen LogP contribution in [0.3, 0.4) is 0 Å². The number of hydrogen-bond donors (Lipinski definition) is 1. The van der Waals surface area contributed by atoms with Crippen LogP contribution in [0.4, 0.5) is 0 Å². The van der Waals surface area contributed by atoms with Gasteiger partial charge in [0.1, 0.15) is 0 Å². The summed E-state index contributed by atoms with van der Waals surface area (Å²) in [5, 5.41) is 4.55. The summed E-state index contributed by atoms with van der Waals surface area (Å²) >= 11 is 12.4. The van der Waals surface area contributed by atoms with Gasteiger partial charge in [0, 0.05) is 6.54 Å². The van der Waals surface area contributed by atoms with Gasteiger partial charge in [-0.05, 0) is 57.7 Å².